The van der Waals surface area contributed by atoms with Crippen LogP contribution >= 0.6 is 0 Å². The number of nitrogens with two attached hydrogens (primary N) is 1. The molecule has 6 nitrogen and oxygen atoms in total. The van der Waals surface area contributed by atoms with Gasteiger partial charge in [-0.2, -0.15) is 0 Å². The summed E-state index contributed by atoms with van der Waals surface area (Å²) in [5.74, 6) is 0.504. The third kappa shape index (κ3) is 4.34. The number of nitrogens with one attached hydrogen (secondary N) is 1. The standard InChI is InChI=1S/C15H23N3O3/c1-18(12-5-7-21-8-6-12)10-15(19)17-13-4-3-11(16)9-14(13)20-2/h3-4,9,12H,5-8,10,16H2,1-2H3,(H,17,19). The minimum absolute atomic E-state index is 0.0629. The maximum atomic E-state index is 12.1. The van der Waals surface area contributed by atoms with Crippen molar-refractivity contribution in [2.45, 2.75) is 18.9 Å². The van der Waals surface area contributed by atoms with Crippen LogP contribution in [-0.2, 0) is 9.53 Å². The maximum absolute atomic E-state index is 12.1. The van der Waals surface area contributed by atoms with Gasteiger partial charge in [0.1, 0.15) is 5.75 Å². The molecule has 1 heterocycles. The Labute approximate surface area is 125 Å². The monoisotopic (exact) mass is 293 g/mol. The number of rotatable bonds is 5. The third-order valence-electron chi connectivity index (χ3n) is 3.71. The fourth-order valence-electron chi connectivity index (χ4n) is 2.48. The molecule has 2 rings (SSSR count). The average molecular weight is 293 g/mol. The molecule has 0 saturated carbocycles. The summed E-state index contributed by atoms with van der Waals surface area (Å²) >= 11 is 0. The number of ether oxygens (including phenoxy) is 2. The summed E-state index contributed by atoms with van der Waals surface area (Å²) < 4.78 is 10.6. The van der Waals surface area contributed by atoms with Gasteiger partial charge in [-0.15, -0.1) is 0 Å². The second-order valence-electron chi connectivity index (χ2n) is 5.27. The SMILES string of the molecule is COc1cc(N)ccc1NC(=O)CN(C)C1CCOCC1. The molecule has 0 bridgehead atoms. The summed E-state index contributed by atoms with van der Waals surface area (Å²) in [4.78, 5) is 14.2. The van der Waals surface area contributed by atoms with Crippen LogP contribution in [0.3, 0.4) is 0 Å². The van der Waals surface area contributed by atoms with Crippen LogP contribution in [0.4, 0.5) is 11.4 Å². The first-order chi connectivity index (χ1) is 10.1. The maximum Gasteiger partial charge on any atom is 0.238 e. The Hall–Kier alpha value is -1.79. The van der Waals surface area contributed by atoms with Crippen LogP contribution in [0.25, 0.3) is 0 Å². The van der Waals surface area contributed by atoms with E-state index in [1.54, 1.807) is 25.3 Å². The molecule has 6 heteroatoms. The number of carbonyl (C=O) groups excluding carboxylic acids is 1. The minimum Gasteiger partial charge on any atom is -0.494 e. The zero-order valence-corrected chi connectivity index (χ0v) is 12.6. The summed E-state index contributed by atoms with van der Waals surface area (Å²) in [5.41, 5.74) is 6.94. The van der Waals surface area contributed by atoms with Crippen molar-refractivity contribution in [2.75, 3.05) is 45.0 Å². The summed E-state index contributed by atoms with van der Waals surface area (Å²) in [6.45, 7) is 1.88. The average Bonchev–Trinajstić information content (AvgIpc) is 2.49. The number of methoxy groups -OCH3 is 1. The number of hydrogen-bond acceptors (Lipinski definition) is 5. The van der Waals surface area contributed by atoms with Gasteiger partial charge in [0, 0.05) is 31.0 Å². The lowest BCUT2D eigenvalue weighted by molar-refractivity contribution is -0.118. The third-order valence-corrected chi connectivity index (χ3v) is 3.71. The summed E-state index contributed by atoms with van der Waals surface area (Å²) in [6, 6.07) is 5.58. The number of hydrogen-bond donors (Lipinski definition) is 2. The first-order valence-electron chi connectivity index (χ1n) is 7.11. The predicted molar refractivity (Wildman–Crippen MR) is 82.5 cm³/mol. The highest BCUT2D eigenvalue weighted by atomic mass is 16.5. The van der Waals surface area contributed by atoms with Gasteiger partial charge in [-0.1, -0.05) is 0 Å². The number of benzene rings is 1. The first-order valence-corrected chi connectivity index (χ1v) is 7.11. The van der Waals surface area contributed by atoms with Gasteiger partial charge < -0.3 is 20.5 Å². The number of likely N-dealkylation sites (N-methyl/N-ethyl adjacent to an activating group) is 1. The van der Waals surface area contributed by atoms with E-state index in [1.807, 2.05) is 7.05 Å². The highest BCUT2D eigenvalue weighted by Gasteiger charge is 2.20. The van der Waals surface area contributed by atoms with Crippen molar-refractivity contribution in [3.63, 3.8) is 0 Å². The molecule has 3 N–H and O–H groups in total. The molecule has 1 amide bonds. The van der Waals surface area contributed by atoms with Gasteiger partial charge in [0.2, 0.25) is 5.91 Å². The predicted octanol–water partition coefficient (Wildman–Crippen LogP) is 1.33. The van der Waals surface area contributed by atoms with E-state index in [0.717, 1.165) is 26.1 Å². The van der Waals surface area contributed by atoms with E-state index in [1.165, 1.54) is 0 Å². The molecule has 0 unspecified atom stereocenters. The molecule has 0 aliphatic carbocycles. The summed E-state index contributed by atoms with van der Waals surface area (Å²) in [7, 11) is 3.52. The van der Waals surface area contributed by atoms with Crippen LogP contribution in [-0.4, -0.2) is 50.8 Å². The van der Waals surface area contributed by atoms with Gasteiger partial charge in [0.05, 0.1) is 19.3 Å². The minimum atomic E-state index is -0.0629. The van der Waals surface area contributed by atoms with E-state index >= 15 is 0 Å². The molecule has 1 saturated heterocycles. The molecule has 0 atom stereocenters. The van der Waals surface area contributed by atoms with E-state index in [9.17, 15) is 4.79 Å². The first kappa shape index (κ1) is 15.6. The van der Waals surface area contributed by atoms with Crippen LogP contribution in [0.15, 0.2) is 18.2 Å². The van der Waals surface area contributed by atoms with Crippen molar-refractivity contribution in [3.05, 3.63) is 18.2 Å². The Morgan fingerprint density at radius 1 is 1.48 bits per heavy atom. The van der Waals surface area contributed by atoms with Gasteiger partial charge in [0.25, 0.3) is 0 Å². The van der Waals surface area contributed by atoms with Crippen LogP contribution in [0, 0.1) is 0 Å². The van der Waals surface area contributed by atoms with Gasteiger partial charge in [-0.25, -0.2) is 0 Å². The topological polar surface area (TPSA) is 76.8 Å². The molecule has 21 heavy (non-hydrogen) atoms. The number of nitrogen functional groups attached to an aromatic ring is 1. The second kappa shape index (κ2) is 7.28. The van der Waals surface area contributed by atoms with Gasteiger partial charge in [0.15, 0.2) is 0 Å². The number of nitrogens with zero attached hydrogens (tertiary/aromatic N) is 1. The number of amides is 1. The molecule has 1 aromatic carbocycles. The largest absolute Gasteiger partial charge is 0.494 e. The molecule has 0 aromatic heterocycles. The Morgan fingerprint density at radius 3 is 2.86 bits per heavy atom. The van der Waals surface area contributed by atoms with Gasteiger partial charge in [-0.3, -0.25) is 9.69 Å². The quantitative estimate of drug-likeness (QED) is 0.801. The van der Waals surface area contributed by atoms with Gasteiger partial charge >= 0.3 is 0 Å². The van der Waals surface area contributed by atoms with E-state index < -0.39 is 0 Å². The number of anilines is 2. The summed E-state index contributed by atoms with van der Waals surface area (Å²) in [5, 5.41) is 2.87. The van der Waals surface area contributed by atoms with Crippen LogP contribution < -0.4 is 15.8 Å². The van der Waals surface area contributed by atoms with Crippen molar-refractivity contribution in [1.29, 1.82) is 0 Å². The molecule has 1 aliphatic heterocycles. The lowest BCUT2D eigenvalue weighted by Gasteiger charge is -2.30. The molecule has 116 valence electrons. The molecular weight excluding hydrogens is 270 g/mol. The second-order valence-corrected chi connectivity index (χ2v) is 5.27. The molecular formula is C15H23N3O3. The molecule has 1 fully saturated rings. The molecule has 1 aliphatic rings. The van der Waals surface area contributed by atoms with Crippen molar-refractivity contribution in [1.82, 2.24) is 4.90 Å². The van der Waals surface area contributed by atoms with Gasteiger partial charge in [-0.05, 0) is 32.0 Å². The smallest absolute Gasteiger partial charge is 0.238 e. The Morgan fingerprint density at radius 2 is 2.19 bits per heavy atom. The Bertz CT molecular complexity index is 487. The van der Waals surface area contributed by atoms with E-state index in [4.69, 9.17) is 15.2 Å². The Kier molecular flexibility index (Phi) is 5.41. The molecule has 0 spiro atoms. The lowest BCUT2D eigenvalue weighted by atomic mass is 10.1. The zero-order chi connectivity index (χ0) is 15.2. The highest BCUT2D eigenvalue weighted by Crippen LogP contribution is 2.26. The van der Waals surface area contributed by atoms with Crippen molar-refractivity contribution < 1.29 is 14.3 Å². The molecule has 1 aromatic rings. The van der Waals surface area contributed by atoms with E-state index in [2.05, 4.69) is 10.2 Å². The van der Waals surface area contributed by atoms with Crippen LogP contribution in [0.5, 0.6) is 5.75 Å². The lowest BCUT2D eigenvalue weighted by Crippen LogP contribution is -2.41. The summed E-state index contributed by atoms with van der Waals surface area (Å²) in [6.07, 6.45) is 1.93. The van der Waals surface area contributed by atoms with Crippen LogP contribution in [0.1, 0.15) is 12.8 Å². The fourth-order valence-corrected chi connectivity index (χ4v) is 2.48. The normalized spacial score (nSPS) is 16.0. The van der Waals surface area contributed by atoms with Crippen molar-refractivity contribution in [3.8, 4) is 5.75 Å². The van der Waals surface area contributed by atoms with E-state index in [-0.39, 0.29) is 5.91 Å². The zero-order valence-electron chi connectivity index (χ0n) is 12.6. The van der Waals surface area contributed by atoms with Crippen molar-refractivity contribution >= 4 is 17.3 Å². The molecule has 0 radical (unpaired) electrons. The van der Waals surface area contributed by atoms with Crippen LogP contribution in [0.2, 0.25) is 0 Å². The Balaban J connectivity index is 1.92. The van der Waals surface area contributed by atoms with E-state index in [0.29, 0.717) is 29.7 Å². The van der Waals surface area contributed by atoms with Crippen molar-refractivity contribution in [2.24, 2.45) is 0 Å². The number of carbonyl (C=O) groups is 1. The highest BCUT2D eigenvalue weighted by molar-refractivity contribution is 5.94. The fraction of sp³-hybridized carbons (Fsp3) is 0.533.